The Labute approximate surface area is 92.0 Å². The van der Waals surface area contributed by atoms with Crippen LogP contribution in [0.5, 0.6) is 0 Å². The molecule has 0 heterocycles. The molecule has 15 heavy (non-hydrogen) atoms. The van der Waals surface area contributed by atoms with Gasteiger partial charge in [-0.1, -0.05) is 20.8 Å². The van der Waals surface area contributed by atoms with Crippen molar-refractivity contribution in [2.45, 2.75) is 34.6 Å². The highest BCUT2D eigenvalue weighted by molar-refractivity contribution is 5.96. The third-order valence-corrected chi connectivity index (χ3v) is 1.41. The van der Waals surface area contributed by atoms with E-state index in [4.69, 9.17) is 11.1 Å². The third-order valence-electron chi connectivity index (χ3n) is 1.41. The van der Waals surface area contributed by atoms with Crippen LogP contribution in [0.25, 0.3) is 0 Å². The van der Waals surface area contributed by atoms with E-state index in [1.165, 1.54) is 0 Å². The van der Waals surface area contributed by atoms with Crippen LogP contribution >= 0.6 is 0 Å². The molecule has 0 rings (SSSR count). The summed E-state index contributed by atoms with van der Waals surface area (Å²) in [4.78, 5) is 9.18. The number of nitrogens with two attached hydrogens (primary N) is 1. The Kier molecular flexibility index (Phi) is 8.63. The van der Waals surface area contributed by atoms with Gasteiger partial charge < -0.3 is 15.9 Å². The standard InChI is InChI=1S/C8H16N2.C3H6O2/c1-6(9)5-7(10)8(2,3)4;1-2-5-3-4/h5,10H,9H2,1-4H3;3H,2H2,1H3/b6-5-,10-7?;. The number of hydrogen-bond donors (Lipinski definition) is 2. The molecule has 0 aliphatic rings. The fourth-order valence-corrected chi connectivity index (χ4v) is 0.512. The highest BCUT2D eigenvalue weighted by Gasteiger charge is 2.14. The predicted octanol–water partition coefficient (Wildman–Crippen LogP) is 2.09. The predicted molar refractivity (Wildman–Crippen MR) is 62.8 cm³/mol. The van der Waals surface area contributed by atoms with Crippen molar-refractivity contribution >= 4 is 12.2 Å². The van der Waals surface area contributed by atoms with E-state index >= 15 is 0 Å². The van der Waals surface area contributed by atoms with Crippen LogP contribution in [0.15, 0.2) is 11.8 Å². The Bertz CT molecular complexity index is 223. The quantitative estimate of drug-likeness (QED) is 0.558. The highest BCUT2D eigenvalue weighted by atomic mass is 16.5. The summed E-state index contributed by atoms with van der Waals surface area (Å²) in [5.41, 5.74) is 6.60. The van der Waals surface area contributed by atoms with Crippen molar-refractivity contribution in [3.63, 3.8) is 0 Å². The molecule has 0 saturated heterocycles. The summed E-state index contributed by atoms with van der Waals surface area (Å²) in [6, 6.07) is 0. The summed E-state index contributed by atoms with van der Waals surface area (Å²) in [6.07, 6.45) is 1.69. The number of ether oxygens (including phenoxy) is 1. The fourth-order valence-electron chi connectivity index (χ4n) is 0.512. The molecule has 0 radical (unpaired) electrons. The van der Waals surface area contributed by atoms with E-state index < -0.39 is 0 Å². The molecule has 4 nitrogen and oxygen atoms in total. The van der Waals surface area contributed by atoms with Crippen molar-refractivity contribution in [2.24, 2.45) is 11.1 Å². The van der Waals surface area contributed by atoms with E-state index in [2.05, 4.69) is 4.74 Å². The van der Waals surface area contributed by atoms with Crippen LogP contribution in [0, 0.1) is 10.8 Å². The van der Waals surface area contributed by atoms with E-state index in [0.717, 1.165) is 0 Å². The number of nitrogens with one attached hydrogen (secondary N) is 1. The molecule has 0 spiro atoms. The third kappa shape index (κ3) is 12.7. The first-order chi connectivity index (χ1) is 6.75. The fraction of sp³-hybridized carbons (Fsp3) is 0.636. The molecule has 0 unspecified atom stereocenters. The van der Waals surface area contributed by atoms with Gasteiger partial charge in [-0.25, -0.2) is 0 Å². The molecule has 0 bridgehead atoms. The van der Waals surface area contributed by atoms with Crippen LogP contribution in [-0.4, -0.2) is 18.8 Å². The molecule has 0 atom stereocenters. The van der Waals surface area contributed by atoms with Crippen molar-refractivity contribution in [2.75, 3.05) is 6.61 Å². The minimum absolute atomic E-state index is 0.0827. The number of hydrogen-bond acceptors (Lipinski definition) is 4. The smallest absolute Gasteiger partial charge is 0.293 e. The van der Waals surface area contributed by atoms with Crippen molar-refractivity contribution in [3.05, 3.63) is 11.8 Å². The largest absolute Gasteiger partial charge is 0.468 e. The van der Waals surface area contributed by atoms with Crippen LogP contribution < -0.4 is 5.73 Å². The maximum absolute atomic E-state index is 9.18. The Balaban J connectivity index is 0. The lowest BCUT2D eigenvalue weighted by Crippen LogP contribution is -2.17. The normalized spacial score (nSPS) is 11.1. The van der Waals surface area contributed by atoms with Crippen molar-refractivity contribution in [3.8, 4) is 0 Å². The average molecular weight is 214 g/mol. The molecular weight excluding hydrogens is 192 g/mol. The SMILES string of the molecule is C/C(N)=C/C(=N)C(C)(C)C.CCOC=O. The topological polar surface area (TPSA) is 76.2 Å². The summed E-state index contributed by atoms with van der Waals surface area (Å²) in [5.74, 6) is 0. The van der Waals surface area contributed by atoms with Gasteiger partial charge >= 0.3 is 0 Å². The Hall–Kier alpha value is -1.32. The van der Waals surface area contributed by atoms with Gasteiger partial charge in [0.2, 0.25) is 0 Å². The summed E-state index contributed by atoms with van der Waals surface area (Å²) >= 11 is 0. The molecule has 0 aromatic carbocycles. The molecule has 0 saturated carbocycles. The summed E-state index contributed by atoms with van der Waals surface area (Å²) in [7, 11) is 0. The minimum Gasteiger partial charge on any atom is -0.468 e. The minimum atomic E-state index is -0.0827. The van der Waals surface area contributed by atoms with E-state index in [9.17, 15) is 4.79 Å². The molecule has 88 valence electrons. The zero-order valence-corrected chi connectivity index (χ0v) is 10.3. The average Bonchev–Trinajstić information content (AvgIpc) is 2.03. The van der Waals surface area contributed by atoms with Gasteiger partial charge in [-0.2, -0.15) is 0 Å². The number of carbonyl (C=O) groups excluding carboxylic acids is 1. The van der Waals surface area contributed by atoms with Crippen LogP contribution in [-0.2, 0) is 9.53 Å². The van der Waals surface area contributed by atoms with E-state index in [1.807, 2.05) is 20.8 Å². The van der Waals surface area contributed by atoms with Crippen LogP contribution in [0.4, 0.5) is 0 Å². The van der Waals surface area contributed by atoms with E-state index in [-0.39, 0.29) is 5.41 Å². The van der Waals surface area contributed by atoms with Crippen molar-refractivity contribution in [1.82, 2.24) is 0 Å². The molecule has 0 amide bonds. The summed E-state index contributed by atoms with van der Waals surface area (Å²) in [6.45, 7) is 10.4. The lowest BCUT2D eigenvalue weighted by atomic mass is 9.90. The maximum atomic E-state index is 9.18. The van der Waals surface area contributed by atoms with Gasteiger partial charge in [0.25, 0.3) is 6.47 Å². The second kappa shape index (κ2) is 8.03. The second-order valence-electron chi connectivity index (χ2n) is 4.10. The van der Waals surface area contributed by atoms with Crippen molar-refractivity contribution in [1.29, 1.82) is 5.41 Å². The first kappa shape index (κ1) is 16.1. The Morgan fingerprint density at radius 2 is 1.93 bits per heavy atom. The lowest BCUT2D eigenvalue weighted by Gasteiger charge is -2.16. The zero-order valence-electron chi connectivity index (χ0n) is 10.3. The van der Waals surface area contributed by atoms with Crippen molar-refractivity contribution < 1.29 is 9.53 Å². The molecule has 0 aliphatic heterocycles. The molecule has 0 aromatic heterocycles. The second-order valence-corrected chi connectivity index (χ2v) is 4.10. The molecule has 0 fully saturated rings. The molecule has 0 aliphatic carbocycles. The van der Waals surface area contributed by atoms with Crippen LogP contribution in [0.2, 0.25) is 0 Å². The summed E-state index contributed by atoms with van der Waals surface area (Å²) < 4.78 is 4.15. The van der Waals surface area contributed by atoms with Crippen LogP contribution in [0.3, 0.4) is 0 Å². The van der Waals surface area contributed by atoms with Gasteiger partial charge in [0, 0.05) is 16.8 Å². The maximum Gasteiger partial charge on any atom is 0.293 e. The van der Waals surface area contributed by atoms with E-state index in [0.29, 0.717) is 24.5 Å². The Morgan fingerprint density at radius 1 is 1.47 bits per heavy atom. The summed E-state index contributed by atoms with van der Waals surface area (Å²) in [5, 5.41) is 7.51. The van der Waals surface area contributed by atoms with Gasteiger partial charge in [-0.05, 0) is 19.9 Å². The molecule has 3 N–H and O–H groups in total. The number of allylic oxidation sites excluding steroid dienone is 2. The van der Waals surface area contributed by atoms with Gasteiger partial charge in [0.05, 0.1) is 6.61 Å². The molecule has 4 heteroatoms. The first-order valence-electron chi connectivity index (χ1n) is 4.83. The zero-order chi connectivity index (χ0) is 12.5. The molecular formula is C11H22N2O2. The highest BCUT2D eigenvalue weighted by Crippen LogP contribution is 2.15. The lowest BCUT2D eigenvalue weighted by molar-refractivity contribution is -0.128. The monoisotopic (exact) mass is 214 g/mol. The first-order valence-corrected chi connectivity index (χ1v) is 4.83. The van der Waals surface area contributed by atoms with Gasteiger partial charge in [-0.3, -0.25) is 4.79 Å². The van der Waals surface area contributed by atoms with Gasteiger partial charge in [0.1, 0.15) is 0 Å². The molecule has 0 aromatic rings. The van der Waals surface area contributed by atoms with E-state index in [1.54, 1.807) is 19.9 Å². The number of rotatable bonds is 3. The number of carbonyl (C=O) groups is 1. The van der Waals surface area contributed by atoms with Crippen LogP contribution in [0.1, 0.15) is 34.6 Å². The Morgan fingerprint density at radius 3 is 2.00 bits per heavy atom. The van der Waals surface area contributed by atoms with Gasteiger partial charge in [-0.15, -0.1) is 0 Å². The van der Waals surface area contributed by atoms with Gasteiger partial charge in [0.15, 0.2) is 0 Å².